The lowest BCUT2D eigenvalue weighted by Gasteiger charge is -2.10. The highest BCUT2D eigenvalue weighted by molar-refractivity contribution is 6.02. The Morgan fingerprint density at radius 1 is 1.15 bits per heavy atom. The van der Waals surface area contributed by atoms with E-state index in [9.17, 15) is 9.59 Å². The van der Waals surface area contributed by atoms with E-state index in [1.165, 1.54) is 0 Å². The Morgan fingerprint density at radius 3 is 2.81 bits per heavy atom. The monoisotopic (exact) mass is 347 g/mol. The molecule has 7 heteroatoms. The van der Waals surface area contributed by atoms with E-state index in [4.69, 9.17) is 0 Å². The molecule has 1 aromatic heterocycles. The number of aromatic nitrogens is 2. The van der Waals surface area contributed by atoms with E-state index >= 15 is 0 Å². The Kier molecular flexibility index (Phi) is 4.10. The van der Waals surface area contributed by atoms with E-state index in [-0.39, 0.29) is 11.9 Å². The molecule has 2 heterocycles. The molecule has 3 amide bonds. The lowest BCUT2D eigenvalue weighted by Crippen LogP contribution is -2.19. The third-order valence-electron chi connectivity index (χ3n) is 4.10. The van der Waals surface area contributed by atoms with Gasteiger partial charge in [0.1, 0.15) is 0 Å². The SMILES string of the molecule is O=C1Cc2cc(NC(=O)Nc3cccc(Cn4ccnc4)c3)ccc2N1. The Bertz CT molecular complexity index is 966. The first-order valence-electron chi connectivity index (χ1n) is 8.21. The van der Waals surface area contributed by atoms with Gasteiger partial charge >= 0.3 is 6.03 Å². The highest BCUT2D eigenvalue weighted by Gasteiger charge is 2.17. The first-order chi connectivity index (χ1) is 12.7. The average molecular weight is 347 g/mol. The highest BCUT2D eigenvalue weighted by Crippen LogP contribution is 2.26. The van der Waals surface area contributed by atoms with Gasteiger partial charge in [0, 0.05) is 36.0 Å². The van der Waals surface area contributed by atoms with Crippen molar-refractivity contribution in [1.82, 2.24) is 9.55 Å². The molecule has 0 bridgehead atoms. The molecule has 130 valence electrons. The van der Waals surface area contributed by atoms with Crippen LogP contribution in [0.2, 0.25) is 0 Å². The lowest BCUT2D eigenvalue weighted by atomic mass is 10.1. The first-order valence-corrected chi connectivity index (χ1v) is 8.21. The first kappa shape index (κ1) is 15.9. The number of anilines is 3. The molecular weight excluding hydrogens is 330 g/mol. The van der Waals surface area contributed by atoms with Crippen LogP contribution in [0.1, 0.15) is 11.1 Å². The number of rotatable bonds is 4. The summed E-state index contributed by atoms with van der Waals surface area (Å²) in [7, 11) is 0. The number of hydrogen-bond donors (Lipinski definition) is 3. The van der Waals surface area contributed by atoms with Crippen molar-refractivity contribution in [3.8, 4) is 0 Å². The highest BCUT2D eigenvalue weighted by atomic mass is 16.2. The smallest absolute Gasteiger partial charge is 0.323 e. The molecule has 1 aliphatic rings. The Morgan fingerprint density at radius 2 is 2.00 bits per heavy atom. The van der Waals surface area contributed by atoms with Crippen molar-refractivity contribution in [2.45, 2.75) is 13.0 Å². The van der Waals surface area contributed by atoms with Crippen LogP contribution in [-0.4, -0.2) is 21.5 Å². The van der Waals surface area contributed by atoms with Gasteiger partial charge in [0.05, 0.1) is 12.7 Å². The van der Waals surface area contributed by atoms with E-state index in [0.717, 1.165) is 16.8 Å². The molecular formula is C19H17N5O2. The van der Waals surface area contributed by atoms with Crippen LogP contribution in [0.15, 0.2) is 61.2 Å². The zero-order chi connectivity index (χ0) is 17.9. The summed E-state index contributed by atoms with van der Waals surface area (Å²) in [6.45, 7) is 0.684. The van der Waals surface area contributed by atoms with Gasteiger partial charge in [-0.25, -0.2) is 9.78 Å². The number of carbonyl (C=O) groups is 2. The van der Waals surface area contributed by atoms with Gasteiger partial charge in [-0.05, 0) is 41.5 Å². The fourth-order valence-electron chi connectivity index (χ4n) is 2.94. The molecule has 1 aliphatic heterocycles. The minimum Gasteiger partial charge on any atom is -0.333 e. The average Bonchev–Trinajstić information content (AvgIpc) is 3.23. The molecule has 0 atom stereocenters. The van der Waals surface area contributed by atoms with Crippen LogP contribution >= 0.6 is 0 Å². The second kappa shape index (κ2) is 6.72. The van der Waals surface area contributed by atoms with Crippen molar-refractivity contribution in [3.05, 3.63) is 72.3 Å². The third kappa shape index (κ3) is 3.56. The minimum absolute atomic E-state index is 0.0312. The zero-order valence-electron chi connectivity index (χ0n) is 13.9. The van der Waals surface area contributed by atoms with Crippen LogP contribution in [0.25, 0.3) is 0 Å². The van der Waals surface area contributed by atoms with E-state index in [2.05, 4.69) is 20.9 Å². The molecule has 0 saturated heterocycles. The number of hydrogen-bond acceptors (Lipinski definition) is 3. The maximum absolute atomic E-state index is 12.3. The number of fused-ring (bicyclic) bond motifs is 1. The third-order valence-corrected chi connectivity index (χ3v) is 4.10. The van der Waals surface area contributed by atoms with Gasteiger partial charge in [-0.1, -0.05) is 12.1 Å². The topological polar surface area (TPSA) is 88.1 Å². The molecule has 3 N–H and O–H groups in total. The van der Waals surface area contributed by atoms with Crippen molar-refractivity contribution in [2.24, 2.45) is 0 Å². The van der Waals surface area contributed by atoms with E-state index in [0.29, 0.717) is 24.3 Å². The second-order valence-electron chi connectivity index (χ2n) is 6.11. The predicted octanol–water partition coefficient (Wildman–Crippen LogP) is 3.07. The van der Waals surface area contributed by atoms with Gasteiger partial charge in [-0.3, -0.25) is 4.79 Å². The molecule has 0 unspecified atom stereocenters. The summed E-state index contributed by atoms with van der Waals surface area (Å²) in [6.07, 6.45) is 5.71. The Labute approximate surface area is 150 Å². The quantitative estimate of drug-likeness (QED) is 0.678. The van der Waals surface area contributed by atoms with Crippen LogP contribution in [0, 0.1) is 0 Å². The van der Waals surface area contributed by atoms with Crippen LogP contribution in [0.4, 0.5) is 21.9 Å². The normalized spacial score (nSPS) is 12.4. The van der Waals surface area contributed by atoms with Gasteiger partial charge in [0.25, 0.3) is 0 Å². The number of nitrogens with zero attached hydrogens (tertiary/aromatic N) is 2. The lowest BCUT2D eigenvalue weighted by molar-refractivity contribution is -0.115. The van der Waals surface area contributed by atoms with Crippen molar-refractivity contribution >= 4 is 29.0 Å². The van der Waals surface area contributed by atoms with Crippen molar-refractivity contribution in [1.29, 1.82) is 0 Å². The summed E-state index contributed by atoms with van der Waals surface area (Å²) in [5.41, 5.74) is 4.09. The van der Waals surface area contributed by atoms with Gasteiger partial charge in [0.2, 0.25) is 5.91 Å². The summed E-state index contributed by atoms with van der Waals surface area (Å²) >= 11 is 0. The Hall–Kier alpha value is -3.61. The molecule has 3 aromatic rings. The summed E-state index contributed by atoms with van der Waals surface area (Å²) in [6, 6.07) is 12.7. The second-order valence-corrected chi connectivity index (χ2v) is 6.11. The predicted molar refractivity (Wildman–Crippen MR) is 99.2 cm³/mol. The molecule has 0 aliphatic carbocycles. The molecule has 7 nitrogen and oxygen atoms in total. The fourth-order valence-corrected chi connectivity index (χ4v) is 2.94. The number of nitrogens with one attached hydrogen (secondary N) is 3. The maximum atomic E-state index is 12.3. The van der Waals surface area contributed by atoms with Crippen LogP contribution in [-0.2, 0) is 17.8 Å². The van der Waals surface area contributed by atoms with Gasteiger partial charge < -0.3 is 20.5 Å². The number of carbonyl (C=O) groups excluding carboxylic acids is 2. The molecule has 0 radical (unpaired) electrons. The van der Waals surface area contributed by atoms with E-state index in [1.54, 1.807) is 24.7 Å². The largest absolute Gasteiger partial charge is 0.333 e. The van der Waals surface area contributed by atoms with Gasteiger partial charge in [-0.2, -0.15) is 0 Å². The maximum Gasteiger partial charge on any atom is 0.323 e. The van der Waals surface area contributed by atoms with Crippen molar-refractivity contribution in [3.63, 3.8) is 0 Å². The molecule has 26 heavy (non-hydrogen) atoms. The van der Waals surface area contributed by atoms with Crippen LogP contribution in [0.3, 0.4) is 0 Å². The summed E-state index contributed by atoms with van der Waals surface area (Å²) in [5.74, 6) is -0.0312. The van der Waals surface area contributed by atoms with E-state index in [1.807, 2.05) is 41.1 Å². The number of amides is 3. The van der Waals surface area contributed by atoms with E-state index < -0.39 is 0 Å². The number of urea groups is 1. The van der Waals surface area contributed by atoms with Crippen LogP contribution < -0.4 is 16.0 Å². The van der Waals surface area contributed by atoms with Crippen molar-refractivity contribution in [2.75, 3.05) is 16.0 Å². The minimum atomic E-state index is -0.331. The zero-order valence-corrected chi connectivity index (χ0v) is 13.9. The van der Waals surface area contributed by atoms with Crippen LogP contribution in [0.5, 0.6) is 0 Å². The number of benzene rings is 2. The molecule has 0 saturated carbocycles. The van der Waals surface area contributed by atoms with Crippen molar-refractivity contribution < 1.29 is 9.59 Å². The van der Waals surface area contributed by atoms with Gasteiger partial charge in [-0.15, -0.1) is 0 Å². The van der Waals surface area contributed by atoms with Gasteiger partial charge in [0.15, 0.2) is 0 Å². The Balaban J connectivity index is 1.41. The summed E-state index contributed by atoms with van der Waals surface area (Å²) in [5, 5.41) is 8.39. The fraction of sp³-hybridized carbons (Fsp3) is 0.105. The standard InChI is InChI=1S/C19H17N5O2/c25-18-10-14-9-16(4-5-17(14)23-18)22-19(26)21-15-3-1-2-13(8-15)11-24-7-6-20-12-24/h1-9,12H,10-11H2,(H,23,25)(H2,21,22,26). The molecule has 4 rings (SSSR count). The molecule has 0 fully saturated rings. The molecule has 2 aromatic carbocycles. The summed E-state index contributed by atoms with van der Waals surface area (Å²) in [4.78, 5) is 27.7. The molecule has 0 spiro atoms. The summed E-state index contributed by atoms with van der Waals surface area (Å²) < 4.78 is 1.96. The number of imidazole rings is 1.